The largest absolute Gasteiger partial charge is 0.354 e. The third kappa shape index (κ3) is 4.00. The monoisotopic (exact) mass is 503 g/mol. The van der Waals surface area contributed by atoms with Gasteiger partial charge >= 0.3 is 0 Å². The molecule has 0 aliphatic rings. The third-order valence-corrected chi connectivity index (χ3v) is 8.17. The second-order valence-corrected chi connectivity index (χ2v) is 10.1. The fraction of sp³-hybridized carbons (Fsp3) is 0.111. The number of aromatic nitrogens is 3. The molecule has 2 N–H and O–H groups in total. The average Bonchev–Trinajstić information content (AvgIpc) is 3.70. The molecule has 5 aromatic rings. The Morgan fingerprint density at radius 1 is 0.778 bits per heavy atom. The number of aromatic amines is 2. The van der Waals surface area contributed by atoms with E-state index in [2.05, 4.69) is 33.6 Å². The number of nitrogens with one attached hydrogen (secondary N) is 2. The molecule has 0 saturated heterocycles. The van der Waals surface area contributed by atoms with E-state index in [0.717, 1.165) is 34.1 Å². The quantitative estimate of drug-likeness (QED) is 0.237. The maximum atomic E-state index is 9.02. The molecular weight excluding hydrogens is 486 g/mol. The highest BCUT2D eigenvalue weighted by Crippen LogP contribution is 2.45. The smallest absolute Gasteiger partial charge is 0.131 e. The van der Waals surface area contributed by atoms with Crippen molar-refractivity contribution in [1.29, 1.82) is 21.0 Å². The third-order valence-electron chi connectivity index (χ3n) is 5.69. The zero-order valence-corrected chi connectivity index (χ0v) is 20.7. The fourth-order valence-corrected chi connectivity index (χ4v) is 6.55. The molecule has 0 bridgehead atoms. The van der Waals surface area contributed by atoms with Gasteiger partial charge in [-0.05, 0) is 55.0 Å². The van der Waals surface area contributed by atoms with Crippen LogP contribution in [0.4, 0.5) is 0 Å². The van der Waals surface area contributed by atoms with Gasteiger partial charge in [0.2, 0.25) is 0 Å². The Bertz CT molecular complexity index is 1690. The van der Waals surface area contributed by atoms with Gasteiger partial charge in [-0.1, -0.05) is 6.92 Å². The van der Waals surface area contributed by atoms with Gasteiger partial charge in [-0.15, -0.1) is 22.7 Å². The van der Waals surface area contributed by atoms with E-state index in [1.807, 2.05) is 48.5 Å². The molecule has 5 rings (SSSR count). The summed E-state index contributed by atoms with van der Waals surface area (Å²) in [6.07, 6.45) is 4.10. The first kappa shape index (κ1) is 23.0. The van der Waals surface area contributed by atoms with Gasteiger partial charge in [0.05, 0.1) is 41.6 Å². The minimum absolute atomic E-state index is 0.0568. The summed E-state index contributed by atoms with van der Waals surface area (Å²) < 4.78 is 4.79. The summed E-state index contributed by atoms with van der Waals surface area (Å²) in [5.41, 5.74) is 5.81. The summed E-state index contributed by atoms with van der Waals surface area (Å²) in [7, 11) is 0. The number of fused-ring (bicyclic) bond motifs is 3. The maximum Gasteiger partial charge on any atom is 0.131 e. The van der Waals surface area contributed by atoms with E-state index in [-0.39, 0.29) is 11.1 Å². The number of hydrogen-bond donors (Lipinski definition) is 2. The first-order valence-corrected chi connectivity index (χ1v) is 12.7. The van der Waals surface area contributed by atoms with Gasteiger partial charge in [0.15, 0.2) is 0 Å². The molecule has 172 valence electrons. The summed E-state index contributed by atoms with van der Waals surface area (Å²) >= 11 is 3.43. The van der Waals surface area contributed by atoms with Crippen LogP contribution in [-0.4, -0.2) is 14.5 Å². The van der Waals surface area contributed by atoms with Crippen molar-refractivity contribution in [3.63, 3.8) is 0 Å². The van der Waals surface area contributed by atoms with Gasteiger partial charge in [0.1, 0.15) is 35.4 Å². The predicted molar refractivity (Wildman–Crippen MR) is 143 cm³/mol. The Morgan fingerprint density at radius 2 is 1.22 bits per heavy atom. The van der Waals surface area contributed by atoms with Gasteiger partial charge in [-0.2, -0.15) is 21.0 Å². The number of hydrogen-bond acceptors (Lipinski definition) is 6. The van der Waals surface area contributed by atoms with E-state index in [1.165, 1.54) is 20.4 Å². The fourth-order valence-electron chi connectivity index (χ4n) is 4.12. The van der Waals surface area contributed by atoms with Crippen LogP contribution in [0.15, 0.2) is 47.5 Å². The first-order chi connectivity index (χ1) is 17.6. The first-order valence-electron chi connectivity index (χ1n) is 11.1. The molecule has 0 radical (unpaired) electrons. The summed E-state index contributed by atoms with van der Waals surface area (Å²) in [4.78, 5) is 8.79. The Morgan fingerprint density at radius 3 is 1.61 bits per heavy atom. The maximum absolute atomic E-state index is 9.02. The average molecular weight is 504 g/mol. The van der Waals surface area contributed by atoms with Crippen LogP contribution in [0.25, 0.3) is 53.7 Å². The number of aryl methyl sites for hydroxylation is 1. The normalized spacial score (nSPS) is 10.5. The SMILES string of the molecule is CCCn1c2cc(-c3ccc(C=C(C#N)C#N)[nH]3)sc2c2sc(-c3ccc(C=C(C#N)C#N)[nH]3)cc21. The lowest BCUT2D eigenvalue weighted by Crippen LogP contribution is -1.94. The van der Waals surface area contributed by atoms with E-state index < -0.39 is 0 Å². The molecule has 0 aliphatic heterocycles. The highest BCUT2D eigenvalue weighted by atomic mass is 32.1. The van der Waals surface area contributed by atoms with Crippen molar-refractivity contribution in [2.45, 2.75) is 19.9 Å². The van der Waals surface area contributed by atoms with Crippen molar-refractivity contribution in [3.8, 4) is 45.4 Å². The molecule has 36 heavy (non-hydrogen) atoms. The van der Waals surface area contributed by atoms with Crippen LogP contribution in [-0.2, 0) is 6.54 Å². The van der Waals surface area contributed by atoms with Crippen LogP contribution in [0, 0.1) is 45.3 Å². The molecule has 0 saturated carbocycles. The number of thiophene rings is 2. The zero-order chi connectivity index (χ0) is 25.2. The molecule has 5 aromatic heterocycles. The van der Waals surface area contributed by atoms with E-state index in [9.17, 15) is 0 Å². The molecule has 9 heteroatoms. The number of nitrogens with zero attached hydrogens (tertiary/aromatic N) is 5. The van der Waals surface area contributed by atoms with Crippen molar-refractivity contribution in [2.75, 3.05) is 0 Å². The van der Waals surface area contributed by atoms with Crippen LogP contribution >= 0.6 is 22.7 Å². The Hall–Kier alpha value is -4.80. The lowest BCUT2D eigenvalue weighted by Gasteiger charge is -2.02. The zero-order valence-electron chi connectivity index (χ0n) is 19.1. The Balaban J connectivity index is 1.57. The molecule has 0 aliphatic carbocycles. The van der Waals surface area contributed by atoms with Crippen molar-refractivity contribution in [2.24, 2.45) is 0 Å². The van der Waals surface area contributed by atoms with E-state index >= 15 is 0 Å². The number of H-pyrrole nitrogens is 2. The second-order valence-electron chi connectivity index (χ2n) is 8.02. The van der Waals surface area contributed by atoms with Crippen molar-refractivity contribution >= 4 is 55.3 Å². The molecule has 0 atom stereocenters. The predicted octanol–water partition coefficient (Wildman–Crippen LogP) is 7.18. The molecular formula is C27H17N7S2. The molecule has 0 spiro atoms. The van der Waals surface area contributed by atoms with Crippen LogP contribution in [0.2, 0.25) is 0 Å². The molecule has 7 nitrogen and oxygen atoms in total. The van der Waals surface area contributed by atoms with Gasteiger partial charge in [0.25, 0.3) is 0 Å². The summed E-state index contributed by atoms with van der Waals surface area (Å²) in [5, 5.41) is 36.1. The lowest BCUT2D eigenvalue weighted by molar-refractivity contribution is 0.724. The molecule has 0 amide bonds. The minimum Gasteiger partial charge on any atom is -0.354 e. The van der Waals surface area contributed by atoms with Crippen molar-refractivity contribution in [3.05, 3.63) is 58.9 Å². The summed E-state index contributed by atoms with van der Waals surface area (Å²) in [6.45, 7) is 3.06. The molecule has 0 fully saturated rings. The number of nitriles is 4. The molecule has 0 unspecified atom stereocenters. The van der Waals surface area contributed by atoms with E-state index in [1.54, 1.807) is 34.8 Å². The standard InChI is InChI=1S/C27H17N7S2/c1-2-7-34-22-10-24(20-5-3-18(32-20)8-16(12-28)13-29)35-26(22)27-23(34)11-25(36-27)21-6-4-19(33-21)9-17(14-30)15-31/h3-6,8-11,32-33H,2,7H2,1H3. The van der Waals surface area contributed by atoms with Gasteiger partial charge in [0, 0.05) is 17.9 Å². The van der Waals surface area contributed by atoms with Crippen molar-refractivity contribution in [1.82, 2.24) is 14.5 Å². The Labute approximate surface area is 214 Å². The molecule has 5 heterocycles. The second kappa shape index (κ2) is 9.45. The number of rotatable bonds is 6. The van der Waals surface area contributed by atoms with E-state index in [0.29, 0.717) is 11.4 Å². The van der Waals surface area contributed by atoms with Gasteiger partial charge < -0.3 is 14.5 Å². The highest BCUT2D eigenvalue weighted by molar-refractivity contribution is 7.30. The van der Waals surface area contributed by atoms with E-state index in [4.69, 9.17) is 21.0 Å². The van der Waals surface area contributed by atoms with Gasteiger partial charge in [-0.3, -0.25) is 0 Å². The molecule has 0 aromatic carbocycles. The van der Waals surface area contributed by atoms with Crippen LogP contribution < -0.4 is 0 Å². The minimum atomic E-state index is 0.0568. The number of allylic oxidation sites excluding steroid dienone is 2. The van der Waals surface area contributed by atoms with Crippen LogP contribution in [0.1, 0.15) is 24.7 Å². The van der Waals surface area contributed by atoms with Crippen LogP contribution in [0.3, 0.4) is 0 Å². The lowest BCUT2D eigenvalue weighted by atomic mass is 10.2. The van der Waals surface area contributed by atoms with Gasteiger partial charge in [-0.25, -0.2) is 0 Å². The van der Waals surface area contributed by atoms with Crippen molar-refractivity contribution < 1.29 is 0 Å². The van der Waals surface area contributed by atoms with Crippen LogP contribution in [0.5, 0.6) is 0 Å². The summed E-state index contributed by atoms with van der Waals surface area (Å²) in [5.74, 6) is 0. The Kier molecular flexibility index (Phi) is 6.03. The summed E-state index contributed by atoms with van der Waals surface area (Å²) in [6, 6.07) is 19.6. The topological polar surface area (TPSA) is 132 Å². The highest BCUT2D eigenvalue weighted by Gasteiger charge is 2.19.